The number of nitrogens with one attached hydrogen (secondary N) is 1. The third-order valence-corrected chi connectivity index (χ3v) is 5.68. The van der Waals surface area contributed by atoms with Crippen molar-refractivity contribution in [2.24, 2.45) is 5.92 Å². The van der Waals surface area contributed by atoms with Crippen molar-refractivity contribution in [2.75, 3.05) is 24.8 Å². The molecule has 0 saturated carbocycles. The van der Waals surface area contributed by atoms with Crippen LogP contribution in [-0.4, -0.2) is 31.7 Å². The molecule has 2 aliphatic heterocycles. The molecule has 156 valence electrons. The molecule has 2 amide bonds. The van der Waals surface area contributed by atoms with E-state index in [1.807, 2.05) is 72.8 Å². The van der Waals surface area contributed by atoms with Gasteiger partial charge < -0.3 is 19.7 Å². The Kier molecular flexibility index (Phi) is 5.04. The average molecular weight is 414 g/mol. The van der Waals surface area contributed by atoms with E-state index in [1.165, 1.54) is 0 Å². The van der Waals surface area contributed by atoms with Gasteiger partial charge in [-0.05, 0) is 35.4 Å². The van der Waals surface area contributed by atoms with E-state index in [-0.39, 0.29) is 24.5 Å². The van der Waals surface area contributed by atoms with E-state index >= 15 is 0 Å². The van der Waals surface area contributed by atoms with Crippen LogP contribution in [0.5, 0.6) is 11.5 Å². The summed E-state index contributed by atoms with van der Waals surface area (Å²) in [5.74, 6) is 1.32. The molecule has 0 spiro atoms. The highest BCUT2D eigenvalue weighted by molar-refractivity contribution is 5.97. The molecule has 6 nitrogen and oxygen atoms in total. The van der Waals surface area contributed by atoms with Crippen molar-refractivity contribution >= 4 is 17.5 Å². The van der Waals surface area contributed by atoms with Crippen LogP contribution in [0.2, 0.25) is 0 Å². The summed E-state index contributed by atoms with van der Waals surface area (Å²) in [5, 5.41) is 2.97. The highest BCUT2D eigenvalue weighted by Gasteiger charge is 2.31. The standard InChI is InChI=1S/C25H22N2O4/c28-24-12-17(15-27(24)21-10-11-22-23(13-21)31-16-30-22)14-26-25(29)20-8-6-19(7-9-20)18-4-2-1-3-5-18/h1-11,13,17H,12,14-16H2,(H,26,29). The van der Waals surface area contributed by atoms with Crippen LogP contribution in [0.25, 0.3) is 11.1 Å². The second kappa shape index (κ2) is 8.14. The molecule has 0 aromatic heterocycles. The molecule has 1 atom stereocenters. The minimum absolute atomic E-state index is 0.0466. The molecule has 1 unspecified atom stereocenters. The molecule has 1 saturated heterocycles. The molecular formula is C25H22N2O4. The smallest absolute Gasteiger partial charge is 0.251 e. The number of carbonyl (C=O) groups is 2. The van der Waals surface area contributed by atoms with Gasteiger partial charge in [0.25, 0.3) is 5.91 Å². The van der Waals surface area contributed by atoms with Crippen molar-refractivity contribution in [3.63, 3.8) is 0 Å². The fourth-order valence-electron chi connectivity index (χ4n) is 4.00. The summed E-state index contributed by atoms with van der Waals surface area (Å²) in [6.45, 7) is 1.21. The topological polar surface area (TPSA) is 67.9 Å². The molecular weight excluding hydrogens is 392 g/mol. The van der Waals surface area contributed by atoms with Crippen LogP contribution in [0.1, 0.15) is 16.8 Å². The van der Waals surface area contributed by atoms with E-state index in [1.54, 1.807) is 4.90 Å². The fraction of sp³-hybridized carbons (Fsp3) is 0.200. The number of amides is 2. The highest BCUT2D eigenvalue weighted by Crippen LogP contribution is 2.37. The Morgan fingerprint density at radius 1 is 0.935 bits per heavy atom. The van der Waals surface area contributed by atoms with Crippen LogP contribution in [0.15, 0.2) is 72.8 Å². The molecule has 5 rings (SSSR count). The van der Waals surface area contributed by atoms with E-state index in [9.17, 15) is 9.59 Å². The van der Waals surface area contributed by atoms with Crippen molar-refractivity contribution in [1.29, 1.82) is 0 Å². The van der Waals surface area contributed by atoms with Gasteiger partial charge >= 0.3 is 0 Å². The summed E-state index contributed by atoms with van der Waals surface area (Å²) in [4.78, 5) is 26.8. The molecule has 0 radical (unpaired) electrons. The quantitative estimate of drug-likeness (QED) is 0.688. The maximum absolute atomic E-state index is 12.6. The Bertz CT molecular complexity index is 1110. The zero-order valence-electron chi connectivity index (χ0n) is 16.9. The Balaban J connectivity index is 1.19. The molecule has 3 aromatic rings. The first-order valence-electron chi connectivity index (χ1n) is 10.3. The average Bonchev–Trinajstić information content (AvgIpc) is 3.43. The summed E-state index contributed by atoms with van der Waals surface area (Å²) in [6.07, 6.45) is 0.404. The fourth-order valence-corrected chi connectivity index (χ4v) is 4.00. The van der Waals surface area contributed by atoms with Gasteiger partial charge in [-0.15, -0.1) is 0 Å². The van der Waals surface area contributed by atoms with Gasteiger partial charge in [0.2, 0.25) is 12.7 Å². The normalized spacial score (nSPS) is 17.1. The van der Waals surface area contributed by atoms with Gasteiger partial charge in [-0.1, -0.05) is 42.5 Å². The molecule has 2 aliphatic rings. The van der Waals surface area contributed by atoms with E-state index in [2.05, 4.69) is 5.32 Å². The monoisotopic (exact) mass is 414 g/mol. The van der Waals surface area contributed by atoms with Crippen LogP contribution in [0.4, 0.5) is 5.69 Å². The first-order valence-corrected chi connectivity index (χ1v) is 10.3. The minimum atomic E-state index is -0.131. The minimum Gasteiger partial charge on any atom is -0.454 e. The summed E-state index contributed by atoms with van der Waals surface area (Å²) in [5.41, 5.74) is 3.58. The van der Waals surface area contributed by atoms with Gasteiger partial charge in [-0.25, -0.2) is 0 Å². The summed E-state index contributed by atoms with van der Waals surface area (Å²) < 4.78 is 10.7. The Labute approximate surface area is 180 Å². The highest BCUT2D eigenvalue weighted by atomic mass is 16.7. The predicted molar refractivity (Wildman–Crippen MR) is 117 cm³/mol. The number of nitrogens with zero attached hydrogens (tertiary/aromatic N) is 1. The lowest BCUT2D eigenvalue weighted by Gasteiger charge is -2.17. The zero-order chi connectivity index (χ0) is 21.2. The maximum Gasteiger partial charge on any atom is 0.251 e. The third-order valence-electron chi connectivity index (χ3n) is 5.68. The summed E-state index contributed by atoms with van der Waals surface area (Å²) >= 11 is 0. The molecule has 1 N–H and O–H groups in total. The molecule has 0 aliphatic carbocycles. The number of hydrogen-bond donors (Lipinski definition) is 1. The maximum atomic E-state index is 12.6. The van der Waals surface area contributed by atoms with Gasteiger partial charge in [0, 0.05) is 42.7 Å². The third kappa shape index (κ3) is 3.97. The van der Waals surface area contributed by atoms with E-state index in [0.717, 1.165) is 16.8 Å². The summed E-state index contributed by atoms with van der Waals surface area (Å²) in [7, 11) is 0. The van der Waals surface area contributed by atoms with Crippen molar-refractivity contribution in [3.8, 4) is 22.6 Å². The lowest BCUT2D eigenvalue weighted by Crippen LogP contribution is -2.31. The molecule has 0 bridgehead atoms. The number of rotatable bonds is 5. The lowest BCUT2D eigenvalue weighted by atomic mass is 10.0. The van der Waals surface area contributed by atoms with E-state index in [0.29, 0.717) is 36.6 Å². The number of fused-ring (bicyclic) bond motifs is 1. The van der Waals surface area contributed by atoms with Crippen molar-refractivity contribution < 1.29 is 19.1 Å². The van der Waals surface area contributed by atoms with Gasteiger partial charge in [0.15, 0.2) is 11.5 Å². The molecule has 6 heteroatoms. The SMILES string of the molecule is O=C(NCC1CC(=O)N(c2ccc3c(c2)OCO3)C1)c1ccc(-c2ccccc2)cc1. The largest absolute Gasteiger partial charge is 0.454 e. The van der Waals surface area contributed by atoms with E-state index < -0.39 is 0 Å². The van der Waals surface area contributed by atoms with Gasteiger partial charge in [-0.2, -0.15) is 0 Å². The van der Waals surface area contributed by atoms with Crippen LogP contribution in [0.3, 0.4) is 0 Å². The van der Waals surface area contributed by atoms with Gasteiger partial charge in [0.1, 0.15) is 0 Å². The Morgan fingerprint density at radius 2 is 1.68 bits per heavy atom. The molecule has 31 heavy (non-hydrogen) atoms. The number of carbonyl (C=O) groups excluding carboxylic acids is 2. The van der Waals surface area contributed by atoms with Crippen molar-refractivity contribution in [3.05, 3.63) is 78.4 Å². The van der Waals surface area contributed by atoms with Crippen LogP contribution < -0.4 is 19.7 Å². The predicted octanol–water partition coefficient (Wildman–Crippen LogP) is 3.87. The second-order valence-corrected chi connectivity index (χ2v) is 7.77. The van der Waals surface area contributed by atoms with Crippen molar-refractivity contribution in [1.82, 2.24) is 5.32 Å². The number of benzene rings is 3. The molecule has 2 heterocycles. The lowest BCUT2D eigenvalue weighted by molar-refractivity contribution is -0.117. The van der Waals surface area contributed by atoms with Crippen molar-refractivity contribution in [2.45, 2.75) is 6.42 Å². The Hall–Kier alpha value is -3.80. The number of ether oxygens (including phenoxy) is 2. The van der Waals surface area contributed by atoms with Gasteiger partial charge in [0.05, 0.1) is 0 Å². The van der Waals surface area contributed by atoms with Crippen LogP contribution >= 0.6 is 0 Å². The van der Waals surface area contributed by atoms with Crippen LogP contribution in [-0.2, 0) is 4.79 Å². The second-order valence-electron chi connectivity index (χ2n) is 7.77. The number of hydrogen-bond acceptors (Lipinski definition) is 4. The van der Waals surface area contributed by atoms with Gasteiger partial charge in [-0.3, -0.25) is 9.59 Å². The zero-order valence-corrected chi connectivity index (χ0v) is 16.9. The molecule has 3 aromatic carbocycles. The molecule has 1 fully saturated rings. The van der Waals surface area contributed by atoms with Crippen LogP contribution in [0, 0.1) is 5.92 Å². The van der Waals surface area contributed by atoms with E-state index in [4.69, 9.17) is 9.47 Å². The number of anilines is 1. The Morgan fingerprint density at radius 3 is 2.48 bits per heavy atom. The summed E-state index contributed by atoms with van der Waals surface area (Å²) in [6, 6.07) is 23.1. The first kappa shape index (κ1) is 19.2. The first-order chi connectivity index (χ1) is 15.2.